The minimum Gasteiger partial charge on any atom is -0.465 e. The van der Waals surface area contributed by atoms with E-state index in [2.05, 4.69) is 10.1 Å². The largest absolute Gasteiger partial charge is 0.465 e. The first kappa shape index (κ1) is 19.6. The second kappa shape index (κ2) is 7.46. The van der Waals surface area contributed by atoms with Gasteiger partial charge in [-0.05, 0) is 31.9 Å². The lowest BCUT2D eigenvalue weighted by molar-refractivity contribution is 0.0598. The number of ether oxygens (including phenoxy) is 1. The van der Waals surface area contributed by atoms with Gasteiger partial charge in [0.2, 0.25) is 0 Å². The Kier molecular flexibility index (Phi) is 5.22. The van der Waals surface area contributed by atoms with Crippen LogP contribution in [0.4, 0.5) is 0 Å². The molecular weight excluding hydrogens is 362 g/mol. The van der Waals surface area contributed by atoms with Gasteiger partial charge in [-0.3, -0.25) is 4.79 Å². The molecule has 3 heterocycles. The number of aryl methyl sites for hydroxylation is 2. The molecule has 0 aromatic carbocycles. The SMILES string of the molecule is COC(=O)c1cc(CN(C)C(=O)c2cc(C(C)C)nc3onc(C)c23)oc1C. The summed E-state index contributed by atoms with van der Waals surface area (Å²) in [5.41, 5.74) is 2.54. The van der Waals surface area contributed by atoms with Crippen LogP contribution in [0.3, 0.4) is 0 Å². The van der Waals surface area contributed by atoms with Crippen LogP contribution >= 0.6 is 0 Å². The Hall–Kier alpha value is -3.16. The molecule has 0 fully saturated rings. The molecule has 0 unspecified atom stereocenters. The number of hydrogen-bond donors (Lipinski definition) is 0. The molecule has 3 aromatic rings. The highest BCUT2D eigenvalue weighted by molar-refractivity contribution is 6.06. The third kappa shape index (κ3) is 3.49. The highest BCUT2D eigenvalue weighted by Gasteiger charge is 2.23. The van der Waals surface area contributed by atoms with Crippen molar-refractivity contribution in [3.05, 3.63) is 46.2 Å². The minimum absolute atomic E-state index is 0.127. The number of nitrogens with zero attached hydrogens (tertiary/aromatic N) is 3. The molecular formula is C20H23N3O5. The van der Waals surface area contributed by atoms with Gasteiger partial charge in [-0.2, -0.15) is 0 Å². The van der Waals surface area contributed by atoms with Gasteiger partial charge in [0.25, 0.3) is 11.6 Å². The predicted molar refractivity (Wildman–Crippen MR) is 101 cm³/mol. The summed E-state index contributed by atoms with van der Waals surface area (Å²) in [7, 11) is 2.98. The summed E-state index contributed by atoms with van der Waals surface area (Å²) in [6, 6.07) is 3.38. The van der Waals surface area contributed by atoms with E-state index in [1.54, 1.807) is 33.0 Å². The number of pyridine rings is 1. The van der Waals surface area contributed by atoms with Crippen LogP contribution in [-0.4, -0.2) is 41.1 Å². The fourth-order valence-electron chi connectivity index (χ4n) is 3.02. The van der Waals surface area contributed by atoms with Crippen molar-refractivity contribution in [1.82, 2.24) is 15.0 Å². The minimum atomic E-state index is -0.473. The molecule has 28 heavy (non-hydrogen) atoms. The average molecular weight is 385 g/mol. The van der Waals surface area contributed by atoms with Crippen molar-refractivity contribution in [3.8, 4) is 0 Å². The van der Waals surface area contributed by atoms with Gasteiger partial charge in [0, 0.05) is 12.7 Å². The lowest BCUT2D eigenvalue weighted by atomic mass is 10.0. The number of amides is 1. The van der Waals surface area contributed by atoms with Crippen molar-refractivity contribution in [3.63, 3.8) is 0 Å². The van der Waals surface area contributed by atoms with Crippen molar-refractivity contribution < 1.29 is 23.3 Å². The highest BCUT2D eigenvalue weighted by atomic mass is 16.5. The van der Waals surface area contributed by atoms with E-state index < -0.39 is 5.97 Å². The Morgan fingerprint density at radius 3 is 2.57 bits per heavy atom. The molecule has 0 aliphatic carbocycles. The third-order valence-corrected chi connectivity index (χ3v) is 4.57. The molecule has 0 saturated carbocycles. The lowest BCUT2D eigenvalue weighted by Gasteiger charge is -2.17. The topological polar surface area (TPSA) is 98.7 Å². The summed E-state index contributed by atoms with van der Waals surface area (Å²) < 4.78 is 15.6. The Balaban J connectivity index is 1.93. The first-order chi connectivity index (χ1) is 13.2. The molecule has 0 spiro atoms. The highest BCUT2D eigenvalue weighted by Crippen LogP contribution is 2.26. The number of hydrogen-bond acceptors (Lipinski definition) is 7. The first-order valence-electron chi connectivity index (χ1n) is 8.93. The van der Waals surface area contributed by atoms with Crippen LogP contribution in [0.15, 0.2) is 21.1 Å². The zero-order valence-electron chi connectivity index (χ0n) is 16.8. The summed E-state index contributed by atoms with van der Waals surface area (Å²) in [6.07, 6.45) is 0. The van der Waals surface area contributed by atoms with E-state index in [1.807, 2.05) is 13.8 Å². The molecule has 0 radical (unpaired) electrons. The number of furan rings is 1. The maximum absolute atomic E-state index is 13.2. The molecule has 0 N–H and O–H groups in total. The van der Waals surface area contributed by atoms with E-state index >= 15 is 0 Å². The number of fused-ring (bicyclic) bond motifs is 1. The number of methoxy groups -OCH3 is 1. The van der Waals surface area contributed by atoms with Gasteiger partial charge in [-0.25, -0.2) is 9.78 Å². The predicted octanol–water partition coefficient (Wildman–Crippen LogP) is 3.61. The Labute approximate surface area is 162 Å². The Bertz CT molecular complexity index is 1050. The molecule has 0 atom stereocenters. The van der Waals surface area contributed by atoms with Gasteiger partial charge in [-0.15, -0.1) is 0 Å². The van der Waals surface area contributed by atoms with E-state index in [9.17, 15) is 9.59 Å². The van der Waals surface area contributed by atoms with E-state index in [0.717, 1.165) is 5.69 Å². The van der Waals surface area contributed by atoms with Crippen molar-refractivity contribution in [2.75, 3.05) is 14.2 Å². The van der Waals surface area contributed by atoms with Crippen LogP contribution in [0.5, 0.6) is 0 Å². The van der Waals surface area contributed by atoms with Crippen LogP contribution in [0.1, 0.15) is 63.4 Å². The Morgan fingerprint density at radius 1 is 1.21 bits per heavy atom. The van der Waals surface area contributed by atoms with Crippen molar-refractivity contribution >= 4 is 23.0 Å². The summed E-state index contributed by atoms with van der Waals surface area (Å²) in [4.78, 5) is 30.9. The van der Waals surface area contributed by atoms with Gasteiger partial charge < -0.3 is 18.6 Å². The van der Waals surface area contributed by atoms with Gasteiger partial charge >= 0.3 is 5.97 Å². The van der Waals surface area contributed by atoms with E-state index in [-0.39, 0.29) is 18.4 Å². The lowest BCUT2D eigenvalue weighted by Crippen LogP contribution is -2.26. The van der Waals surface area contributed by atoms with Crippen LogP contribution < -0.4 is 0 Å². The van der Waals surface area contributed by atoms with Crippen molar-refractivity contribution in [1.29, 1.82) is 0 Å². The normalized spacial score (nSPS) is 11.2. The van der Waals surface area contributed by atoms with E-state index in [1.165, 1.54) is 12.0 Å². The van der Waals surface area contributed by atoms with Gasteiger partial charge in [-0.1, -0.05) is 19.0 Å². The quantitative estimate of drug-likeness (QED) is 0.619. The third-order valence-electron chi connectivity index (χ3n) is 4.57. The molecule has 3 rings (SSSR count). The van der Waals surface area contributed by atoms with Crippen molar-refractivity contribution in [2.24, 2.45) is 0 Å². The fraction of sp³-hybridized carbons (Fsp3) is 0.400. The molecule has 3 aromatic heterocycles. The molecule has 8 nitrogen and oxygen atoms in total. The Morgan fingerprint density at radius 2 is 1.93 bits per heavy atom. The first-order valence-corrected chi connectivity index (χ1v) is 8.93. The monoisotopic (exact) mass is 385 g/mol. The smallest absolute Gasteiger partial charge is 0.341 e. The maximum Gasteiger partial charge on any atom is 0.341 e. The molecule has 0 aliphatic heterocycles. The molecule has 148 valence electrons. The van der Waals surface area contributed by atoms with Gasteiger partial charge in [0.15, 0.2) is 0 Å². The number of aromatic nitrogens is 2. The molecule has 0 bridgehead atoms. The summed E-state index contributed by atoms with van der Waals surface area (Å²) in [6.45, 7) is 7.64. The number of carbonyl (C=O) groups is 2. The van der Waals surface area contributed by atoms with E-state index in [0.29, 0.717) is 39.4 Å². The zero-order valence-corrected chi connectivity index (χ0v) is 16.8. The molecule has 1 amide bonds. The van der Waals surface area contributed by atoms with Crippen LogP contribution in [0, 0.1) is 13.8 Å². The average Bonchev–Trinajstić information content (AvgIpc) is 3.22. The number of rotatable bonds is 5. The molecule has 0 saturated heterocycles. The number of carbonyl (C=O) groups excluding carboxylic acids is 2. The van der Waals surface area contributed by atoms with Crippen LogP contribution in [0.2, 0.25) is 0 Å². The maximum atomic E-state index is 13.2. The second-order valence-corrected chi connectivity index (χ2v) is 7.03. The fourth-order valence-corrected chi connectivity index (χ4v) is 3.02. The summed E-state index contributed by atoms with van der Waals surface area (Å²) in [5, 5.41) is 4.55. The van der Waals surface area contributed by atoms with Gasteiger partial charge in [0.05, 0.1) is 30.3 Å². The standard InChI is InChI=1S/C20H23N3O5/c1-10(2)16-8-15(17-11(3)22-28-18(17)21-16)19(24)23(5)9-13-7-14(12(4)27-13)20(25)26-6/h7-8,10H,9H2,1-6H3. The van der Waals surface area contributed by atoms with Crippen molar-refractivity contribution in [2.45, 2.75) is 40.2 Å². The molecule has 0 aliphatic rings. The summed E-state index contributed by atoms with van der Waals surface area (Å²) >= 11 is 0. The second-order valence-electron chi connectivity index (χ2n) is 7.03. The van der Waals surface area contributed by atoms with E-state index in [4.69, 9.17) is 13.7 Å². The molecule has 8 heteroatoms. The van der Waals surface area contributed by atoms with Crippen LogP contribution in [-0.2, 0) is 11.3 Å². The van der Waals surface area contributed by atoms with Gasteiger partial charge in [0.1, 0.15) is 17.1 Å². The zero-order chi connectivity index (χ0) is 20.6. The summed E-state index contributed by atoms with van der Waals surface area (Å²) in [5.74, 6) is 0.381. The van der Waals surface area contributed by atoms with Crippen LogP contribution in [0.25, 0.3) is 11.1 Å². The number of esters is 1.